The smallest absolute Gasteiger partial charge is 0.307 e. The maximum Gasteiger partial charge on any atom is 0.307 e. The van der Waals surface area contributed by atoms with Crippen LogP contribution in [0.1, 0.15) is 38.5 Å². The van der Waals surface area contributed by atoms with E-state index in [0.717, 1.165) is 25.7 Å². The zero-order chi connectivity index (χ0) is 13.9. The Balaban J connectivity index is 2.07. The summed E-state index contributed by atoms with van der Waals surface area (Å²) in [4.78, 5) is 11.0. The largest absolute Gasteiger partial charge is 0.481 e. The van der Waals surface area contributed by atoms with Crippen LogP contribution in [0.15, 0.2) is 0 Å². The predicted molar refractivity (Wildman–Crippen MR) is 70.9 cm³/mol. The van der Waals surface area contributed by atoms with Crippen LogP contribution in [0, 0.1) is 5.92 Å². The van der Waals surface area contributed by atoms with Crippen LogP contribution in [-0.2, 0) is 15.0 Å². The number of piperidine rings is 1. The number of nitrogens with zero attached hydrogens (tertiary/aromatic N) is 2. The van der Waals surface area contributed by atoms with Gasteiger partial charge in [-0.3, -0.25) is 4.79 Å². The van der Waals surface area contributed by atoms with Gasteiger partial charge in [0.15, 0.2) is 0 Å². The van der Waals surface area contributed by atoms with E-state index in [9.17, 15) is 13.2 Å². The molecule has 1 atom stereocenters. The van der Waals surface area contributed by atoms with Gasteiger partial charge in [-0.15, -0.1) is 0 Å². The molecule has 110 valence electrons. The molecule has 2 aliphatic rings. The van der Waals surface area contributed by atoms with Gasteiger partial charge < -0.3 is 5.11 Å². The van der Waals surface area contributed by atoms with Crippen LogP contribution in [-0.4, -0.2) is 54.3 Å². The molecule has 2 saturated heterocycles. The molecule has 0 aromatic carbocycles. The standard InChI is InChI=1S/C12H22N2O4S/c15-12(16)11-6-5-9-14(10-11)19(17,18)13-7-3-1-2-4-8-13/h11H,1-10H2,(H,15,16)/t11-/m1/s1. The summed E-state index contributed by atoms with van der Waals surface area (Å²) in [5, 5.41) is 9.04. The van der Waals surface area contributed by atoms with Crippen LogP contribution >= 0.6 is 0 Å². The number of carboxylic acid groups (broad SMARTS) is 1. The molecule has 0 aromatic heterocycles. The van der Waals surface area contributed by atoms with E-state index in [0.29, 0.717) is 32.5 Å². The van der Waals surface area contributed by atoms with E-state index in [1.54, 1.807) is 0 Å². The number of carboxylic acids is 1. The van der Waals surface area contributed by atoms with E-state index in [-0.39, 0.29) is 6.54 Å². The van der Waals surface area contributed by atoms with Gasteiger partial charge in [-0.1, -0.05) is 12.8 Å². The maximum atomic E-state index is 12.5. The van der Waals surface area contributed by atoms with Gasteiger partial charge in [-0.25, -0.2) is 0 Å². The Labute approximate surface area is 114 Å². The highest BCUT2D eigenvalue weighted by Crippen LogP contribution is 2.23. The van der Waals surface area contributed by atoms with E-state index < -0.39 is 22.1 Å². The molecule has 0 radical (unpaired) electrons. The van der Waals surface area contributed by atoms with E-state index >= 15 is 0 Å². The van der Waals surface area contributed by atoms with Crippen molar-refractivity contribution in [2.45, 2.75) is 38.5 Å². The van der Waals surface area contributed by atoms with Crippen LogP contribution in [0.25, 0.3) is 0 Å². The van der Waals surface area contributed by atoms with Crippen LogP contribution < -0.4 is 0 Å². The summed E-state index contributed by atoms with van der Waals surface area (Å²) in [5.41, 5.74) is 0. The molecular formula is C12H22N2O4S. The molecule has 7 heteroatoms. The van der Waals surface area contributed by atoms with E-state index in [4.69, 9.17) is 5.11 Å². The third kappa shape index (κ3) is 3.46. The van der Waals surface area contributed by atoms with E-state index in [1.807, 2.05) is 0 Å². The Morgan fingerprint density at radius 2 is 1.53 bits per heavy atom. The summed E-state index contributed by atoms with van der Waals surface area (Å²) in [6.45, 7) is 1.70. The Morgan fingerprint density at radius 1 is 0.947 bits per heavy atom. The van der Waals surface area contributed by atoms with Gasteiger partial charge in [0.1, 0.15) is 0 Å². The minimum atomic E-state index is -3.47. The molecule has 0 spiro atoms. The molecule has 2 aliphatic heterocycles. The number of aliphatic carboxylic acids is 1. The number of carbonyl (C=O) groups is 1. The normalized spacial score (nSPS) is 27.9. The number of hydrogen-bond acceptors (Lipinski definition) is 3. The molecule has 0 bridgehead atoms. The third-order valence-corrected chi connectivity index (χ3v) is 5.95. The Morgan fingerprint density at radius 3 is 2.11 bits per heavy atom. The van der Waals surface area contributed by atoms with Crippen LogP contribution in [0.3, 0.4) is 0 Å². The van der Waals surface area contributed by atoms with Crippen molar-refractivity contribution >= 4 is 16.2 Å². The van der Waals surface area contributed by atoms with Gasteiger partial charge in [0.2, 0.25) is 0 Å². The maximum absolute atomic E-state index is 12.5. The molecule has 0 saturated carbocycles. The summed E-state index contributed by atoms with van der Waals surface area (Å²) in [6, 6.07) is 0. The lowest BCUT2D eigenvalue weighted by Crippen LogP contribution is -2.49. The van der Waals surface area contributed by atoms with Crippen molar-refractivity contribution in [3.05, 3.63) is 0 Å². The highest BCUT2D eigenvalue weighted by atomic mass is 32.2. The second-order valence-corrected chi connectivity index (χ2v) is 7.28. The van der Waals surface area contributed by atoms with Gasteiger partial charge in [0.25, 0.3) is 10.2 Å². The first-order valence-electron chi connectivity index (χ1n) is 7.00. The van der Waals surface area contributed by atoms with Crippen molar-refractivity contribution in [2.75, 3.05) is 26.2 Å². The Kier molecular flexibility index (Phi) is 4.81. The van der Waals surface area contributed by atoms with Crippen LogP contribution in [0.4, 0.5) is 0 Å². The molecule has 1 N–H and O–H groups in total. The average Bonchev–Trinajstić information content (AvgIpc) is 2.68. The Bertz CT molecular complexity index is 415. The molecular weight excluding hydrogens is 268 g/mol. The van der Waals surface area contributed by atoms with Crippen molar-refractivity contribution in [3.8, 4) is 0 Å². The lowest BCUT2D eigenvalue weighted by atomic mass is 10.0. The highest BCUT2D eigenvalue weighted by molar-refractivity contribution is 7.86. The highest BCUT2D eigenvalue weighted by Gasteiger charge is 2.35. The monoisotopic (exact) mass is 290 g/mol. The van der Waals surface area contributed by atoms with E-state index in [1.165, 1.54) is 8.61 Å². The van der Waals surface area contributed by atoms with Gasteiger partial charge in [0.05, 0.1) is 5.92 Å². The molecule has 0 aliphatic carbocycles. The van der Waals surface area contributed by atoms with Gasteiger partial charge >= 0.3 is 5.97 Å². The molecule has 6 nitrogen and oxygen atoms in total. The van der Waals surface area contributed by atoms with Gasteiger partial charge in [-0.2, -0.15) is 17.0 Å². The first-order valence-corrected chi connectivity index (χ1v) is 8.39. The predicted octanol–water partition coefficient (Wildman–Crippen LogP) is 0.904. The molecule has 2 rings (SSSR count). The van der Waals surface area contributed by atoms with E-state index in [2.05, 4.69) is 0 Å². The molecule has 0 unspecified atom stereocenters. The zero-order valence-electron chi connectivity index (χ0n) is 11.1. The first kappa shape index (κ1) is 14.7. The molecule has 0 aromatic rings. The van der Waals surface area contributed by atoms with Crippen molar-refractivity contribution in [1.29, 1.82) is 0 Å². The van der Waals surface area contributed by atoms with Gasteiger partial charge in [-0.05, 0) is 25.7 Å². The van der Waals surface area contributed by atoms with Gasteiger partial charge in [0, 0.05) is 26.2 Å². The Hall–Kier alpha value is -0.660. The quantitative estimate of drug-likeness (QED) is 0.838. The SMILES string of the molecule is O=C(O)[C@@H]1CCCN(S(=O)(=O)N2CCCCCC2)C1. The molecule has 0 amide bonds. The first-order chi connectivity index (χ1) is 9.01. The lowest BCUT2D eigenvalue weighted by molar-refractivity contribution is -0.142. The van der Waals surface area contributed by atoms with Crippen LogP contribution in [0.5, 0.6) is 0 Å². The molecule has 2 fully saturated rings. The third-order valence-electron chi connectivity index (χ3n) is 3.95. The summed E-state index contributed by atoms with van der Waals surface area (Å²) in [6.07, 6.45) is 5.14. The zero-order valence-corrected chi connectivity index (χ0v) is 11.9. The average molecular weight is 290 g/mol. The second-order valence-electron chi connectivity index (χ2n) is 5.36. The fourth-order valence-electron chi connectivity index (χ4n) is 2.79. The summed E-state index contributed by atoms with van der Waals surface area (Å²) < 4.78 is 27.9. The second kappa shape index (κ2) is 6.19. The van der Waals surface area contributed by atoms with Crippen molar-refractivity contribution < 1.29 is 18.3 Å². The summed E-state index contributed by atoms with van der Waals surface area (Å²) in [5.74, 6) is -1.45. The fraction of sp³-hybridized carbons (Fsp3) is 0.917. The van der Waals surface area contributed by atoms with Crippen LogP contribution in [0.2, 0.25) is 0 Å². The molecule has 2 heterocycles. The van der Waals surface area contributed by atoms with Crippen molar-refractivity contribution in [3.63, 3.8) is 0 Å². The van der Waals surface area contributed by atoms with Crippen molar-refractivity contribution in [2.24, 2.45) is 5.92 Å². The molecule has 19 heavy (non-hydrogen) atoms. The summed E-state index contributed by atoms with van der Waals surface area (Å²) >= 11 is 0. The minimum Gasteiger partial charge on any atom is -0.481 e. The number of hydrogen-bond donors (Lipinski definition) is 1. The topological polar surface area (TPSA) is 77.9 Å². The minimum absolute atomic E-state index is 0.119. The fourth-order valence-corrected chi connectivity index (χ4v) is 4.56. The van der Waals surface area contributed by atoms with Crippen molar-refractivity contribution in [1.82, 2.24) is 8.61 Å². The lowest BCUT2D eigenvalue weighted by Gasteiger charge is -2.33. The number of rotatable bonds is 3. The summed E-state index contributed by atoms with van der Waals surface area (Å²) in [7, 11) is -3.47.